The molecule has 0 saturated heterocycles. The highest BCUT2D eigenvalue weighted by Crippen LogP contribution is 2.29. The lowest BCUT2D eigenvalue weighted by atomic mass is 10.1. The quantitative estimate of drug-likeness (QED) is 0.136. The summed E-state index contributed by atoms with van der Waals surface area (Å²) in [7, 11) is 0. The lowest BCUT2D eigenvalue weighted by Crippen LogP contribution is -2.16. The van der Waals surface area contributed by atoms with Gasteiger partial charge in [0.15, 0.2) is 0 Å². The van der Waals surface area contributed by atoms with Gasteiger partial charge in [-0.3, -0.25) is 9.59 Å². The van der Waals surface area contributed by atoms with Gasteiger partial charge in [-0.15, -0.1) is 11.8 Å². The molecule has 0 aromatic heterocycles. The number of amides is 2. The number of aromatic carboxylic acids is 1. The summed E-state index contributed by atoms with van der Waals surface area (Å²) in [5.74, 6) is 0.843. The number of thioether (sulfide) groups is 1. The van der Waals surface area contributed by atoms with Crippen LogP contribution in [0.3, 0.4) is 0 Å². The van der Waals surface area contributed by atoms with Gasteiger partial charge in [0.05, 0.1) is 17.7 Å². The number of carboxylic acids is 1. The number of fused-ring (bicyclic) bond motifs is 1. The second-order valence-electron chi connectivity index (χ2n) is 9.97. The van der Waals surface area contributed by atoms with Gasteiger partial charge in [-0.25, -0.2) is 4.79 Å². The molecular weight excluding hydrogens is 560 g/mol. The smallest absolute Gasteiger partial charge is 0.337 e. The number of rotatable bonds is 11. The van der Waals surface area contributed by atoms with Gasteiger partial charge >= 0.3 is 5.97 Å². The molecule has 0 atom stereocenters. The van der Waals surface area contributed by atoms with Crippen LogP contribution in [-0.2, 0) is 22.4 Å². The molecule has 0 aliphatic carbocycles. The molecule has 0 heterocycles. The Balaban J connectivity index is 1.13. The highest BCUT2D eigenvalue weighted by molar-refractivity contribution is 7.99. The van der Waals surface area contributed by atoms with E-state index < -0.39 is 5.97 Å². The molecule has 216 valence electrons. The molecule has 3 N–H and O–H groups in total. The van der Waals surface area contributed by atoms with Crippen molar-refractivity contribution < 1.29 is 24.2 Å². The molecule has 5 aromatic rings. The molecule has 0 spiro atoms. The van der Waals surface area contributed by atoms with Crippen LogP contribution in [0.15, 0.2) is 114 Å². The van der Waals surface area contributed by atoms with E-state index in [1.807, 2.05) is 66.7 Å². The maximum atomic E-state index is 12.5. The number of anilines is 2. The van der Waals surface area contributed by atoms with E-state index in [2.05, 4.69) is 28.8 Å². The second-order valence-corrected chi connectivity index (χ2v) is 11.1. The fourth-order valence-electron chi connectivity index (χ4n) is 4.57. The molecule has 0 bridgehead atoms. The van der Waals surface area contributed by atoms with Gasteiger partial charge in [0, 0.05) is 23.3 Å². The summed E-state index contributed by atoms with van der Waals surface area (Å²) in [6.07, 6.45) is 1.04. The minimum absolute atomic E-state index is 0.0492. The average Bonchev–Trinajstić information content (AvgIpc) is 2.99. The Hall–Kier alpha value is -5.08. The molecule has 0 fully saturated rings. The predicted molar refractivity (Wildman–Crippen MR) is 171 cm³/mol. The molecule has 7 nitrogen and oxygen atoms in total. The van der Waals surface area contributed by atoms with Crippen molar-refractivity contribution >= 4 is 51.7 Å². The number of carboxylic acid groups (broad SMARTS) is 1. The van der Waals surface area contributed by atoms with E-state index in [1.54, 1.807) is 30.0 Å². The van der Waals surface area contributed by atoms with Crippen LogP contribution in [0.4, 0.5) is 11.4 Å². The van der Waals surface area contributed by atoms with Gasteiger partial charge in [-0.1, -0.05) is 48.5 Å². The number of hydrogen-bond donors (Lipinski definition) is 3. The van der Waals surface area contributed by atoms with Crippen molar-refractivity contribution in [1.29, 1.82) is 0 Å². The standard InChI is InChI=1S/C35H30N2O5S/c1-23(38)36-28-12-6-24(7-13-28)18-19-43-31-17-11-26-21-30(16-10-27(26)22-31)42-29-14-8-25(9-15-29)20-34(39)37-33-5-3-2-4-32(33)35(40)41/h2-17,21-22H,18-20H2,1H3,(H,36,38)(H,37,39)(H,40,41). The third kappa shape index (κ3) is 8.24. The SMILES string of the molecule is CC(=O)Nc1ccc(CCSc2ccc3cc(Oc4ccc(CC(=O)Nc5ccccc5C(=O)O)cc4)ccc3c2)cc1. The van der Waals surface area contributed by atoms with Gasteiger partial charge < -0.3 is 20.5 Å². The van der Waals surface area contributed by atoms with Crippen molar-refractivity contribution in [3.8, 4) is 11.5 Å². The number of carbonyl (C=O) groups is 3. The normalized spacial score (nSPS) is 10.7. The lowest BCUT2D eigenvalue weighted by molar-refractivity contribution is -0.116. The largest absolute Gasteiger partial charge is 0.478 e. The maximum Gasteiger partial charge on any atom is 0.337 e. The third-order valence-electron chi connectivity index (χ3n) is 6.67. The van der Waals surface area contributed by atoms with E-state index in [0.29, 0.717) is 11.5 Å². The number of nitrogens with one attached hydrogen (secondary N) is 2. The van der Waals surface area contributed by atoms with Crippen LogP contribution in [0, 0.1) is 0 Å². The third-order valence-corrected chi connectivity index (χ3v) is 7.67. The van der Waals surface area contributed by atoms with Gasteiger partial charge in [0.25, 0.3) is 0 Å². The van der Waals surface area contributed by atoms with Crippen LogP contribution in [0.25, 0.3) is 10.8 Å². The first-order chi connectivity index (χ1) is 20.8. The molecule has 43 heavy (non-hydrogen) atoms. The number of benzene rings is 5. The number of hydrogen-bond acceptors (Lipinski definition) is 5. The predicted octanol–water partition coefficient (Wildman–Crippen LogP) is 7.80. The summed E-state index contributed by atoms with van der Waals surface area (Å²) in [5.41, 5.74) is 3.13. The maximum absolute atomic E-state index is 12.5. The summed E-state index contributed by atoms with van der Waals surface area (Å²) >= 11 is 1.80. The van der Waals surface area contributed by atoms with Crippen molar-refractivity contribution in [2.45, 2.75) is 24.7 Å². The Morgan fingerprint density at radius 2 is 1.42 bits per heavy atom. The first-order valence-corrected chi connectivity index (χ1v) is 14.7. The Labute approximate surface area is 253 Å². The molecule has 8 heteroatoms. The van der Waals surface area contributed by atoms with Crippen molar-refractivity contribution in [3.05, 3.63) is 126 Å². The Bertz CT molecular complexity index is 1770. The zero-order valence-electron chi connectivity index (χ0n) is 23.5. The first-order valence-electron chi connectivity index (χ1n) is 13.7. The molecule has 0 aliphatic rings. The van der Waals surface area contributed by atoms with E-state index in [-0.39, 0.29) is 29.5 Å². The van der Waals surface area contributed by atoms with Crippen LogP contribution in [-0.4, -0.2) is 28.6 Å². The van der Waals surface area contributed by atoms with Crippen molar-refractivity contribution in [1.82, 2.24) is 0 Å². The average molecular weight is 591 g/mol. The zero-order chi connectivity index (χ0) is 30.2. The number of ether oxygens (including phenoxy) is 1. The number of aryl methyl sites for hydroxylation is 1. The van der Waals surface area contributed by atoms with Crippen LogP contribution < -0.4 is 15.4 Å². The minimum Gasteiger partial charge on any atom is -0.478 e. The van der Waals surface area contributed by atoms with E-state index in [1.165, 1.54) is 23.4 Å². The molecule has 5 rings (SSSR count). The van der Waals surface area contributed by atoms with Gasteiger partial charge in [0.2, 0.25) is 11.8 Å². The van der Waals surface area contributed by atoms with Crippen LogP contribution in [0.1, 0.15) is 28.4 Å². The van der Waals surface area contributed by atoms with Crippen LogP contribution in [0.5, 0.6) is 11.5 Å². The molecular formula is C35H30N2O5S. The molecule has 0 radical (unpaired) electrons. The summed E-state index contributed by atoms with van der Waals surface area (Å²) in [6.45, 7) is 1.50. The topological polar surface area (TPSA) is 105 Å². The summed E-state index contributed by atoms with van der Waals surface area (Å²) in [4.78, 5) is 36.2. The number of para-hydroxylation sites is 1. The highest BCUT2D eigenvalue weighted by atomic mass is 32.2. The van der Waals surface area contributed by atoms with Crippen molar-refractivity contribution in [2.24, 2.45) is 0 Å². The summed E-state index contributed by atoms with van der Waals surface area (Å²) in [5, 5.41) is 17.0. The Morgan fingerprint density at radius 1 is 0.744 bits per heavy atom. The summed E-state index contributed by atoms with van der Waals surface area (Å²) < 4.78 is 6.06. The van der Waals surface area contributed by atoms with Crippen molar-refractivity contribution in [3.63, 3.8) is 0 Å². The fraction of sp³-hybridized carbons (Fsp3) is 0.114. The monoisotopic (exact) mass is 590 g/mol. The molecule has 0 saturated carbocycles. The fourth-order valence-corrected chi connectivity index (χ4v) is 5.52. The van der Waals surface area contributed by atoms with Gasteiger partial charge in [0.1, 0.15) is 11.5 Å². The molecule has 0 unspecified atom stereocenters. The van der Waals surface area contributed by atoms with Crippen LogP contribution >= 0.6 is 11.8 Å². The van der Waals surface area contributed by atoms with E-state index in [0.717, 1.165) is 34.2 Å². The number of carbonyl (C=O) groups excluding carboxylic acids is 2. The Kier molecular flexibility index (Phi) is 9.39. The minimum atomic E-state index is -1.09. The van der Waals surface area contributed by atoms with E-state index in [4.69, 9.17) is 4.74 Å². The molecule has 2 amide bonds. The molecule has 5 aromatic carbocycles. The van der Waals surface area contributed by atoms with Crippen LogP contribution in [0.2, 0.25) is 0 Å². The lowest BCUT2D eigenvalue weighted by Gasteiger charge is -2.10. The zero-order valence-corrected chi connectivity index (χ0v) is 24.3. The summed E-state index contributed by atoms with van der Waals surface area (Å²) in [6, 6.07) is 33.9. The van der Waals surface area contributed by atoms with E-state index in [9.17, 15) is 19.5 Å². The highest BCUT2D eigenvalue weighted by Gasteiger charge is 2.12. The molecule has 0 aliphatic heterocycles. The van der Waals surface area contributed by atoms with Crippen molar-refractivity contribution in [2.75, 3.05) is 16.4 Å². The van der Waals surface area contributed by atoms with E-state index >= 15 is 0 Å². The Morgan fingerprint density at radius 3 is 2.16 bits per heavy atom. The van der Waals surface area contributed by atoms with Gasteiger partial charge in [-0.2, -0.15) is 0 Å². The first kappa shape index (κ1) is 29.4. The second kappa shape index (κ2) is 13.7. The van der Waals surface area contributed by atoms with Gasteiger partial charge in [-0.05, 0) is 89.0 Å².